The molecule has 0 aliphatic heterocycles. The molecule has 2 nitrogen and oxygen atoms in total. The van der Waals surface area contributed by atoms with Crippen LogP contribution in [-0.2, 0) is 0 Å². The number of hydrogen-bond acceptors (Lipinski definition) is 3. The number of aryl methyl sites for hydroxylation is 1. The van der Waals surface area contributed by atoms with E-state index in [1.165, 1.54) is 42.4 Å². The molecule has 1 unspecified atom stereocenters. The fraction of sp³-hybridized carbons (Fsp3) is 0.562. The van der Waals surface area contributed by atoms with E-state index in [2.05, 4.69) is 37.4 Å². The SMILES string of the molecule is Cc1ccc2nc(NC(C)C3CCCCC3)sc2c1. The van der Waals surface area contributed by atoms with Crippen molar-refractivity contribution < 1.29 is 0 Å². The van der Waals surface area contributed by atoms with Crippen molar-refractivity contribution in [3.05, 3.63) is 23.8 Å². The maximum Gasteiger partial charge on any atom is 0.184 e. The van der Waals surface area contributed by atoms with Crippen LogP contribution >= 0.6 is 11.3 Å². The summed E-state index contributed by atoms with van der Waals surface area (Å²) < 4.78 is 1.29. The Kier molecular flexibility index (Phi) is 3.74. The molecule has 1 aliphatic rings. The normalized spacial score (nSPS) is 18.6. The minimum atomic E-state index is 0.543. The third-order valence-electron chi connectivity index (χ3n) is 4.25. The number of anilines is 1. The lowest BCUT2D eigenvalue weighted by molar-refractivity contribution is 0.328. The summed E-state index contributed by atoms with van der Waals surface area (Å²) >= 11 is 1.78. The summed E-state index contributed by atoms with van der Waals surface area (Å²) in [6.07, 6.45) is 6.96. The van der Waals surface area contributed by atoms with Crippen molar-refractivity contribution in [2.45, 2.75) is 52.0 Å². The number of aromatic nitrogens is 1. The highest BCUT2D eigenvalue weighted by Crippen LogP contribution is 2.31. The van der Waals surface area contributed by atoms with E-state index in [-0.39, 0.29) is 0 Å². The summed E-state index contributed by atoms with van der Waals surface area (Å²) in [4.78, 5) is 4.70. The van der Waals surface area contributed by atoms with Crippen LogP contribution in [0.3, 0.4) is 0 Å². The molecule has 1 atom stereocenters. The smallest absolute Gasteiger partial charge is 0.184 e. The van der Waals surface area contributed by atoms with E-state index >= 15 is 0 Å². The molecule has 1 heterocycles. The molecule has 0 radical (unpaired) electrons. The largest absolute Gasteiger partial charge is 0.359 e. The lowest BCUT2D eigenvalue weighted by atomic mass is 9.85. The van der Waals surface area contributed by atoms with Crippen molar-refractivity contribution >= 4 is 26.7 Å². The Labute approximate surface area is 119 Å². The maximum atomic E-state index is 4.70. The van der Waals surface area contributed by atoms with Crippen molar-refractivity contribution in [3.8, 4) is 0 Å². The van der Waals surface area contributed by atoms with Crippen LogP contribution in [0.25, 0.3) is 10.2 Å². The fourth-order valence-corrected chi connectivity index (χ4v) is 4.10. The first kappa shape index (κ1) is 12.9. The molecule has 0 bridgehead atoms. The third-order valence-corrected chi connectivity index (χ3v) is 5.20. The second-order valence-corrected chi connectivity index (χ2v) is 6.85. The Morgan fingerprint density at radius 2 is 2.05 bits per heavy atom. The molecule has 1 aromatic heterocycles. The van der Waals surface area contributed by atoms with Gasteiger partial charge in [-0.3, -0.25) is 0 Å². The molecule has 102 valence electrons. The molecule has 1 N–H and O–H groups in total. The third kappa shape index (κ3) is 2.92. The summed E-state index contributed by atoms with van der Waals surface area (Å²) in [5.41, 5.74) is 2.43. The van der Waals surface area contributed by atoms with Gasteiger partial charge >= 0.3 is 0 Å². The maximum absolute atomic E-state index is 4.70. The number of nitrogens with zero attached hydrogens (tertiary/aromatic N) is 1. The van der Waals surface area contributed by atoms with Crippen LogP contribution in [0.5, 0.6) is 0 Å². The van der Waals surface area contributed by atoms with E-state index in [1.807, 2.05) is 0 Å². The number of benzene rings is 1. The molecular formula is C16H22N2S. The molecule has 3 rings (SSSR count). The Morgan fingerprint density at radius 3 is 2.84 bits per heavy atom. The minimum absolute atomic E-state index is 0.543. The Balaban J connectivity index is 1.73. The summed E-state index contributed by atoms with van der Waals surface area (Å²) in [5, 5.41) is 4.71. The average molecular weight is 274 g/mol. The van der Waals surface area contributed by atoms with Gasteiger partial charge in [-0.1, -0.05) is 36.7 Å². The monoisotopic (exact) mass is 274 g/mol. The van der Waals surface area contributed by atoms with E-state index in [0.717, 1.165) is 16.6 Å². The molecule has 0 amide bonds. The summed E-state index contributed by atoms with van der Waals surface area (Å²) in [6, 6.07) is 7.03. The van der Waals surface area contributed by atoms with Gasteiger partial charge in [0.1, 0.15) is 0 Å². The highest BCUT2D eigenvalue weighted by Gasteiger charge is 2.20. The van der Waals surface area contributed by atoms with Gasteiger partial charge in [0.05, 0.1) is 10.2 Å². The molecule has 19 heavy (non-hydrogen) atoms. The van der Waals surface area contributed by atoms with Crippen LogP contribution in [0.15, 0.2) is 18.2 Å². The van der Waals surface area contributed by atoms with Gasteiger partial charge in [-0.25, -0.2) is 4.98 Å². The lowest BCUT2D eigenvalue weighted by Crippen LogP contribution is -2.27. The van der Waals surface area contributed by atoms with Crippen LogP contribution in [0, 0.1) is 12.8 Å². The highest BCUT2D eigenvalue weighted by atomic mass is 32.1. The Hall–Kier alpha value is -1.09. The van der Waals surface area contributed by atoms with Crippen molar-refractivity contribution in [2.24, 2.45) is 5.92 Å². The van der Waals surface area contributed by atoms with E-state index < -0.39 is 0 Å². The number of fused-ring (bicyclic) bond motifs is 1. The first-order valence-electron chi connectivity index (χ1n) is 7.36. The molecule has 0 spiro atoms. The van der Waals surface area contributed by atoms with Crippen molar-refractivity contribution in [2.75, 3.05) is 5.32 Å². The van der Waals surface area contributed by atoms with E-state index in [4.69, 9.17) is 4.98 Å². The standard InChI is InChI=1S/C16H22N2S/c1-11-8-9-14-15(10-11)19-16(18-14)17-12(2)13-6-4-3-5-7-13/h8-10,12-13H,3-7H2,1-2H3,(H,17,18). The molecule has 0 saturated heterocycles. The summed E-state index contributed by atoms with van der Waals surface area (Å²) in [5.74, 6) is 0.822. The highest BCUT2D eigenvalue weighted by molar-refractivity contribution is 7.22. The number of rotatable bonds is 3. The van der Waals surface area contributed by atoms with Gasteiger partial charge in [-0.2, -0.15) is 0 Å². The lowest BCUT2D eigenvalue weighted by Gasteiger charge is -2.28. The van der Waals surface area contributed by atoms with Crippen LogP contribution in [-0.4, -0.2) is 11.0 Å². The molecule has 1 aliphatic carbocycles. The van der Waals surface area contributed by atoms with Gasteiger partial charge in [0.25, 0.3) is 0 Å². The van der Waals surface area contributed by atoms with Crippen LogP contribution in [0.1, 0.15) is 44.6 Å². The van der Waals surface area contributed by atoms with Gasteiger partial charge in [0.15, 0.2) is 5.13 Å². The Bertz CT molecular complexity index is 555. The first-order chi connectivity index (χ1) is 9.22. The summed E-state index contributed by atoms with van der Waals surface area (Å²) in [6.45, 7) is 4.45. The zero-order valence-electron chi connectivity index (χ0n) is 11.8. The minimum Gasteiger partial charge on any atom is -0.359 e. The first-order valence-corrected chi connectivity index (χ1v) is 8.18. The van der Waals surface area contributed by atoms with E-state index in [9.17, 15) is 0 Å². The molecule has 3 heteroatoms. The molecule has 1 fully saturated rings. The van der Waals surface area contributed by atoms with Crippen LogP contribution in [0.2, 0.25) is 0 Å². The van der Waals surface area contributed by atoms with Crippen molar-refractivity contribution in [1.29, 1.82) is 0 Å². The zero-order valence-corrected chi connectivity index (χ0v) is 12.6. The van der Waals surface area contributed by atoms with Crippen molar-refractivity contribution in [3.63, 3.8) is 0 Å². The van der Waals surface area contributed by atoms with Gasteiger partial charge in [0, 0.05) is 6.04 Å². The fourth-order valence-electron chi connectivity index (χ4n) is 3.04. The predicted octanol–water partition coefficient (Wildman–Crippen LogP) is 4.99. The molecular weight excluding hydrogens is 252 g/mol. The van der Waals surface area contributed by atoms with E-state index in [0.29, 0.717) is 6.04 Å². The van der Waals surface area contributed by atoms with Gasteiger partial charge < -0.3 is 5.32 Å². The molecule has 2 aromatic rings. The van der Waals surface area contributed by atoms with Gasteiger partial charge in [-0.05, 0) is 50.3 Å². The number of thiazole rings is 1. The average Bonchev–Trinajstić information content (AvgIpc) is 2.81. The topological polar surface area (TPSA) is 24.9 Å². The van der Waals surface area contributed by atoms with Gasteiger partial charge in [-0.15, -0.1) is 0 Å². The predicted molar refractivity (Wildman–Crippen MR) is 84.0 cm³/mol. The van der Waals surface area contributed by atoms with Crippen LogP contribution < -0.4 is 5.32 Å². The molecule has 1 saturated carbocycles. The van der Waals surface area contributed by atoms with Gasteiger partial charge in [0.2, 0.25) is 0 Å². The quantitative estimate of drug-likeness (QED) is 0.853. The van der Waals surface area contributed by atoms with E-state index in [1.54, 1.807) is 11.3 Å². The second kappa shape index (κ2) is 5.49. The Morgan fingerprint density at radius 1 is 1.26 bits per heavy atom. The number of nitrogens with one attached hydrogen (secondary N) is 1. The van der Waals surface area contributed by atoms with Crippen molar-refractivity contribution in [1.82, 2.24) is 4.98 Å². The second-order valence-electron chi connectivity index (χ2n) is 5.82. The molecule has 1 aromatic carbocycles. The van der Waals surface area contributed by atoms with Crippen LogP contribution in [0.4, 0.5) is 5.13 Å². The summed E-state index contributed by atoms with van der Waals surface area (Å²) in [7, 11) is 0. The zero-order chi connectivity index (χ0) is 13.2. The number of hydrogen-bond donors (Lipinski definition) is 1.